The molecular weight excluding hydrogens is 298 g/mol. The molecule has 0 aliphatic rings. The number of hydrogen-bond acceptors (Lipinski definition) is 4. The van der Waals surface area contributed by atoms with E-state index in [0.717, 1.165) is 42.1 Å². The summed E-state index contributed by atoms with van der Waals surface area (Å²) in [6.45, 7) is 5.73. The van der Waals surface area contributed by atoms with Gasteiger partial charge in [-0.15, -0.1) is 5.10 Å². The maximum absolute atomic E-state index is 12.3. The molecule has 0 aliphatic carbocycles. The second-order valence-corrected chi connectivity index (χ2v) is 5.50. The second-order valence-electron chi connectivity index (χ2n) is 4.89. The predicted octanol–water partition coefficient (Wildman–Crippen LogP) is 2.47. The van der Waals surface area contributed by atoms with Crippen LogP contribution < -0.4 is 5.62 Å². The van der Waals surface area contributed by atoms with Crippen LogP contribution in [0.3, 0.4) is 0 Å². The van der Waals surface area contributed by atoms with Gasteiger partial charge in [-0.3, -0.25) is 4.79 Å². The fourth-order valence-electron chi connectivity index (χ4n) is 2.56. The van der Waals surface area contributed by atoms with Crippen LogP contribution in [0.4, 0.5) is 0 Å². The van der Waals surface area contributed by atoms with Crippen LogP contribution in [0.1, 0.15) is 30.8 Å². The molecule has 2 heterocycles. The van der Waals surface area contributed by atoms with Gasteiger partial charge in [0.25, 0.3) is 0 Å². The summed E-state index contributed by atoms with van der Waals surface area (Å²) in [5, 5.41) is 5.42. The van der Waals surface area contributed by atoms with Gasteiger partial charge < -0.3 is 9.13 Å². The molecule has 0 aliphatic heterocycles. The Balaban J connectivity index is 2.27. The number of carbonyl (C=O) groups is 1. The lowest BCUT2D eigenvalue weighted by Crippen LogP contribution is -2.27. The zero-order chi connectivity index (χ0) is 15.5. The van der Waals surface area contributed by atoms with Crippen LogP contribution >= 0.6 is 11.5 Å². The van der Waals surface area contributed by atoms with Crippen molar-refractivity contribution in [1.82, 2.24) is 18.7 Å². The zero-order valence-electron chi connectivity index (χ0n) is 12.6. The Labute approximate surface area is 131 Å². The summed E-state index contributed by atoms with van der Waals surface area (Å²) in [4.78, 5) is 16.6. The Hall–Kier alpha value is -2.28. The minimum atomic E-state index is -0.351. The Morgan fingerprint density at radius 2 is 1.95 bits per heavy atom. The lowest BCUT2D eigenvalue weighted by molar-refractivity contribution is 0.0991. The van der Waals surface area contributed by atoms with Crippen molar-refractivity contribution in [3.8, 4) is 0 Å². The number of hydrogen-bond donors (Lipinski definition) is 0. The highest BCUT2D eigenvalue weighted by molar-refractivity contribution is 7.03. The number of fused-ring (bicyclic) bond motifs is 1. The molecule has 0 spiro atoms. The predicted molar refractivity (Wildman–Crippen MR) is 85.7 cm³/mol. The molecule has 0 radical (unpaired) electrons. The number of para-hydroxylation sites is 2. The number of amides is 1. The summed E-state index contributed by atoms with van der Waals surface area (Å²) >= 11 is 1.15. The van der Waals surface area contributed by atoms with Crippen molar-refractivity contribution in [2.75, 3.05) is 0 Å². The number of imidazole rings is 1. The summed E-state index contributed by atoms with van der Waals surface area (Å²) < 4.78 is 7.88. The standard InChI is InChI=1S/C15H17N5OS/c1-3-9-20-13-8-6-5-7-12(13)19(4-2)15(20)16-14(21)11-10-22-18-17-11/h5-8,10H,3-4,9H2,1-2H3. The van der Waals surface area contributed by atoms with Crippen molar-refractivity contribution in [2.45, 2.75) is 33.4 Å². The quantitative estimate of drug-likeness (QED) is 0.743. The van der Waals surface area contributed by atoms with E-state index in [1.165, 1.54) is 0 Å². The van der Waals surface area contributed by atoms with E-state index in [2.05, 4.69) is 49.7 Å². The van der Waals surface area contributed by atoms with Crippen LogP contribution in [0.15, 0.2) is 34.6 Å². The van der Waals surface area contributed by atoms with Crippen LogP contribution in [0.5, 0.6) is 0 Å². The molecule has 22 heavy (non-hydrogen) atoms. The van der Waals surface area contributed by atoms with Gasteiger partial charge in [-0.1, -0.05) is 23.5 Å². The second kappa shape index (κ2) is 6.23. The van der Waals surface area contributed by atoms with Gasteiger partial charge in [0.2, 0.25) is 5.62 Å². The maximum Gasteiger partial charge on any atom is 0.301 e. The van der Waals surface area contributed by atoms with Crippen molar-refractivity contribution in [3.05, 3.63) is 41.0 Å². The zero-order valence-corrected chi connectivity index (χ0v) is 13.4. The Kier molecular flexibility index (Phi) is 4.15. The summed E-state index contributed by atoms with van der Waals surface area (Å²) in [5.41, 5.74) is 3.14. The van der Waals surface area contributed by atoms with Gasteiger partial charge >= 0.3 is 5.91 Å². The first-order valence-electron chi connectivity index (χ1n) is 7.30. The summed E-state index contributed by atoms with van der Waals surface area (Å²) in [7, 11) is 0. The molecule has 0 unspecified atom stereocenters. The number of nitrogens with zero attached hydrogens (tertiary/aromatic N) is 5. The molecule has 3 rings (SSSR count). The monoisotopic (exact) mass is 315 g/mol. The molecule has 1 amide bonds. The van der Waals surface area contributed by atoms with E-state index in [1.807, 2.05) is 12.1 Å². The molecule has 0 fully saturated rings. The Morgan fingerprint density at radius 3 is 2.55 bits per heavy atom. The third kappa shape index (κ3) is 2.48. The average Bonchev–Trinajstić information content (AvgIpc) is 3.15. The molecule has 0 saturated carbocycles. The van der Waals surface area contributed by atoms with E-state index in [9.17, 15) is 4.79 Å². The van der Waals surface area contributed by atoms with Crippen molar-refractivity contribution in [3.63, 3.8) is 0 Å². The molecular formula is C15H17N5OS. The van der Waals surface area contributed by atoms with Gasteiger partial charge in [-0.25, -0.2) is 0 Å². The molecule has 0 atom stereocenters. The Bertz CT molecular complexity index is 860. The first-order chi connectivity index (χ1) is 10.8. The van der Waals surface area contributed by atoms with E-state index in [1.54, 1.807) is 5.38 Å². The van der Waals surface area contributed by atoms with Crippen molar-refractivity contribution in [2.24, 2.45) is 4.99 Å². The fraction of sp³-hybridized carbons (Fsp3) is 0.333. The largest absolute Gasteiger partial charge is 0.310 e. The number of aromatic nitrogens is 4. The third-order valence-electron chi connectivity index (χ3n) is 3.49. The molecule has 3 aromatic rings. The first kappa shape index (κ1) is 14.6. The molecule has 0 saturated heterocycles. The highest BCUT2D eigenvalue weighted by Crippen LogP contribution is 2.13. The van der Waals surface area contributed by atoms with Crippen molar-refractivity contribution < 1.29 is 4.79 Å². The lowest BCUT2D eigenvalue weighted by atomic mass is 10.3. The first-order valence-corrected chi connectivity index (χ1v) is 8.14. The van der Waals surface area contributed by atoms with Gasteiger partial charge in [-0.2, -0.15) is 4.99 Å². The molecule has 6 nitrogen and oxygen atoms in total. The van der Waals surface area contributed by atoms with Crippen LogP contribution in [-0.2, 0) is 13.1 Å². The third-order valence-corrected chi connectivity index (χ3v) is 3.99. The fourth-order valence-corrected chi connectivity index (χ4v) is 2.99. The number of carbonyl (C=O) groups excluding carboxylic acids is 1. The van der Waals surface area contributed by atoms with Crippen LogP contribution in [-0.4, -0.2) is 24.6 Å². The van der Waals surface area contributed by atoms with Gasteiger partial charge in [-0.05, 0) is 37.0 Å². The van der Waals surface area contributed by atoms with Crippen LogP contribution in [0, 0.1) is 0 Å². The van der Waals surface area contributed by atoms with E-state index in [-0.39, 0.29) is 5.91 Å². The van der Waals surface area contributed by atoms with Crippen molar-refractivity contribution >= 4 is 28.5 Å². The van der Waals surface area contributed by atoms with E-state index < -0.39 is 0 Å². The molecule has 1 aromatic carbocycles. The number of benzene rings is 1. The smallest absolute Gasteiger partial charge is 0.301 e. The highest BCUT2D eigenvalue weighted by atomic mass is 32.1. The van der Waals surface area contributed by atoms with E-state index >= 15 is 0 Å². The number of aryl methyl sites for hydroxylation is 2. The minimum Gasteiger partial charge on any atom is -0.310 e. The summed E-state index contributed by atoms with van der Waals surface area (Å²) in [5.74, 6) is -0.351. The molecule has 2 aromatic heterocycles. The van der Waals surface area contributed by atoms with Gasteiger partial charge in [0.1, 0.15) is 0 Å². The van der Waals surface area contributed by atoms with Crippen LogP contribution in [0.2, 0.25) is 0 Å². The SMILES string of the molecule is CCCn1c(=NC(=O)c2csnn2)n(CC)c2ccccc21. The minimum absolute atomic E-state index is 0.293. The number of rotatable bonds is 4. The average molecular weight is 315 g/mol. The lowest BCUT2D eigenvalue weighted by Gasteiger charge is -2.02. The van der Waals surface area contributed by atoms with Gasteiger partial charge in [0.15, 0.2) is 5.69 Å². The van der Waals surface area contributed by atoms with Crippen LogP contribution in [0.25, 0.3) is 11.0 Å². The van der Waals surface area contributed by atoms with Crippen molar-refractivity contribution in [1.29, 1.82) is 0 Å². The summed E-state index contributed by atoms with van der Waals surface area (Å²) in [6.07, 6.45) is 0.970. The molecule has 7 heteroatoms. The van der Waals surface area contributed by atoms with Gasteiger partial charge in [0.05, 0.1) is 11.0 Å². The Morgan fingerprint density at radius 1 is 1.23 bits per heavy atom. The van der Waals surface area contributed by atoms with E-state index in [4.69, 9.17) is 0 Å². The molecule has 0 bridgehead atoms. The highest BCUT2D eigenvalue weighted by Gasteiger charge is 2.13. The van der Waals surface area contributed by atoms with Gasteiger partial charge in [0, 0.05) is 18.5 Å². The maximum atomic E-state index is 12.3. The normalized spacial score (nSPS) is 12.2. The van der Waals surface area contributed by atoms with E-state index in [0.29, 0.717) is 11.3 Å². The topological polar surface area (TPSA) is 65.1 Å². The summed E-state index contributed by atoms with van der Waals surface area (Å²) in [6, 6.07) is 8.12. The molecule has 114 valence electrons. The molecule has 0 N–H and O–H groups in total.